The second kappa shape index (κ2) is 8.07. The Kier molecular flexibility index (Phi) is 5.84. The molecule has 1 aromatic rings. The molecule has 0 bridgehead atoms. The Morgan fingerprint density at radius 1 is 1.12 bits per heavy atom. The number of benzene rings is 1. The van der Waals surface area contributed by atoms with Crippen molar-refractivity contribution in [2.45, 2.75) is 31.5 Å². The van der Waals surface area contributed by atoms with Crippen molar-refractivity contribution in [3.63, 3.8) is 0 Å². The number of hydrogen-bond donors (Lipinski definition) is 2. The predicted molar refractivity (Wildman–Crippen MR) is 91.4 cm³/mol. The number of nitrogens with one attached hydrogen (secondary N) is 1. The van der Waals surface area contributed by atoms with Crippen LogP contribution in [0.3, 0.4) is 0 Å². The molecular weight excluding hydrogens is 306 g/mol. The van der Waals surface area contributed by atoms with E-state index in [0.29, 0.717) is 32.6 Å². The first-order valence-corrected chi connectivity index (χ1v) is 8.69. The number of nitrogens with zero attached hydrogens (tertiary/aromatic N) is 1. The van der Waals surface area contributed by atoms with Gasteiger partial charge >= 0.3 is 0 Å². The molecule has 0 radical (unpaired) electrons. The monoisotopic (exact) mass is 333 g/mol. The van der Waals surface area contributed by atoms with Gasteiger partial charge in [0.25, 0.3) is 0 Å². The Balaban J connectivity index is 1.53. The quantitative estimate of drug-likeness (QED) is 0.827. The summed E-state index contributed by atoms with van der Waals surface area (Å²) in [5.41, 5.74) is 7.78. The van der Waals surface area contributed by atoms with Crippen LogP contribution in [0.5, 0.6) is 0 Å². The Bertz CT molecular complexity index is 552. The molecule has 6 nitrogen and oxygen atoms in total. The average molecular weight is 333 g/mol. The molecule has 2 aliphatic rings. The predicted octanol–water partition coefficient (Wildman–Crippen LogP) is 0.643. The number of carbonyl (C=O) groups excluding carboxylic acids is 1. The molecular formula is C18H27N3O3. The molecule has 2 heterocycles. The van der Waals surface area contributed by atoms with Crippen LogP contribution >= 0.6 is 0 Å². The minimum absolute atomic E-state index is 0.0793. The third-order valence-electron chi connectivity index (χ3n) is 4.79. The highest BCUT2D eigenvalue weighted by Crippen LogP contribution is 2.18. The van der Waals surface area contributed by atoms with Crippen LogP contribution < -0.4 is 11.1 Å². The average Bonchev–Trinajstić information content (AvgIpc) is 2.61. The van der Waals surface area contributed by atoms with E-state index in [1.807, 2.05) is 12.1 Å². The summed E-state index contributed by atoms with van der Waals surface area (Å²) in [4.78, 5) is 14.8. The first kappa shape index (κ1) is 17.4. The number of amides is 1. The molecule has 0 aromatic heterocycles. The van der Waals surface area contributed by atoms with Crippen molar-refractivity contribution >= 4 is 5.91 Å². The van der Waals surface area contributed by atoms with Crippen LogP contribution in [0.25, 0.3) is 0 Å². The van der Waals surface area contributed by atoms with Crippen molar-refractivity contribution in [2.24, 2.45) is 5.73 Å². The van der Waals surface area contributed by atoms with Crippen LogP contribution in [0.4, 0.5) is 0 Å². The first-order valence-electron chi connectivity index (χ1n) is 8.69. The number of morpholine rings is 1. The van der Waals surface area contributed by atoms with Crippen molar-refractivity contribution in [2.75, 3.05) is 39.5 Å². The summed E-state index contributed by atoms with van der Waals surface area (Å²) in [5.74, 6) is -0.0793. The summed E-state index contributed by atoms with van der Waals surface area (Å²) >= 11 is 0. The lowest BCUT2D eigenvalue weighted by Gasteiger charge is -2.31. The van der Waals surface area contributed by atoms with E-state index in [9.17, 15) is 4.79 Å². The third kappa shape index (κ3) is 4.54. The molecule has 3 N–H and O–H groups in total. The van der Waals surface area contributed by atoms with E-state index in [1.54, 1.807) is 0 Å². The minimum Gasteiger partial charge on any atom is -0.381 e. The smallest absolute Gasteiger partial charge is 0.240 e. The lowest BCUT2D eigenvalue weighted by Crippen LogP contribution is -2.56. The van der Waals surface area contributed by atoms with Gasteiger partial charge in [0.15, 0.2) is 0 Å². The summed E-state index contributed by atoms with van der Waals surface area (Å²) < 4.78 is 10.7. The van der Waals surface area contributed by atoms with E-state index in [1.165, 1.54) is 5.56 Å². The SMILES string of the molecule is NC1(C(=O)NCc2cccc(CN3CCOCC3)c2)CCOCC1. The number of nitrogens with two attached hydrogens (primary N) is 1. The molecule has 0 spiro atoms. The van der Waals surface area contributed by atoms with Crippen molar-refractivity contribution < 1.29 is 14.3 Å². The largest absolute Gasteiger partial charge is 0.381 e. The van der Waals surface area contributed by atoms with Crippen molar-refractivity contribution in [3.8, 4) is 0 Å². The van der Waals surface area contributed by atoms with E-state index in [-0.39, 0.29) is 5.91 Å². The molecule has 2 aliphatic heterocycles. The second-order valence-electron chi connectivity index (χ2n) is 6.66. The Hall–Kier alpha value is -1.47. The molecule has 1 amide bonds. The molecule has 1 aromatic carbocycles. The van der Waals surface area contributed by atoms with Crippen LogP contribution in [0.15, 0.2) is 24.3 Å². The molecule has 24 heavy (non-hydrogen) atoms. The fourth-order valence-corrected chi connectivity index (χ4v) is 3.18. The van der Waals surface area contributed by atoms with Gasteiger partial charge in [0.1, 0.15) is 0 Å². The van der Waals surface area contributed by atoms with Crippen molar-refractivity contribution in [1.29, 1.82) is 0 Å². The van der Waals surface area contributed by atoms with Gasteiger partial charge in [-0.15, -0.1) is 0 Å². The summed E-state index contributed by atoms with van der Waals surface area (Å²) in [6.45, 7) is 6.09. The van der Waals surface area contributed by atoms with Crippen LogP contribution in [0.1, 0.15) is 24.0 Å². The maximum Gasteiger partial charge on any atom is 0.240 e. The molecule has 0 unspecified atom stereocenters. The van der Waals surface area contributed by atoms with E-state index in [2.05, 4.69) is 22.3 Å². The third-order valence-corrected chi connectivity index (χ3v) is 4.79. The van der Waals surface area contributed by atoms with E-state index in [0.717, 1.165) is 38.4 Å². The summed E-state index contributed by atoms with van der Waals surface area (Å²) in [6.07, 6.45) is 1.16. The molecule has 2 saturated heterocycles. The minimum atomic E-state index is -0.788. The van der Waals surface area contributed by atoms with E-state index in [4.69, 9.17) is 15.2 Å². The molecule has 6 heteroatoms. The zero-order valence-corrected chi connectivity index (χ0v) is 14.1. The lowest BCUT2D eigenvalue weighted by atomic mass is 9.90. The summed E-state index contributed by atoms with van der Waals surface area (Å²) in [7, 11) is 0. The fourth-order valence-electron chi connectivity index (χ4n) is 3.18. The number of carbonyl (C=O) groups is 1. The van der Waals surface area contributed by atoms with E-state index < -0.39 is 5.54 Å². The summed E-state index contributed by atoms with van der Waals surface area (Å²) in [5, 5.41) is 2.99. The highest BCUT2D eigenvalue weighted by atomic mass is 16.5. The Labute approximate surface area is 143 Å². The Morgan fingerprint density at radius 3 is 2.54 bits per heavy atom. The van der Waals surface area contributed by atoms with Gasteiger partial charge in [-0.05, 0) is 24.0 Å². The Morgan fingerprint density at radius 2 is 1.79 bits per heavy atom. The highest BCUT2D eigenvalue weighted by molar-refractivity contribution is 5.86. The van der Waals surface area contributed by atoms with Crippen LogP contribution in [0, 0.1) is 0 Å². The highest BCUT2D eigenvalue weighted by Gasteiger charge is 2.35. The fraction of sp³-hybridized carbons (Fsp3) is 0.611. The number of ether oxygens (including phenoxy) is 2. The summed E-state index contributed by atoms with van der Waals surface area (Å²) in [6, 6.07) is 8.37. The van der Waals surface area contributed by atoms with Crippen LogP contribution in [0.2, 0.25) is 0 Å². The van der Waals surface area contributed by atoms with Gasteiger partial charge < -0.3 is 20.5 Å². The van der Waals surface area contributed by atoms with Gasteiger partial charge in [0.05, 0.1) is 18.8 Å². The molecule has 3 rings (SSSR count). The molecule has 0 saturated carbocycles. The van der Waals surface area contributed by atoms with Gasteiger partial charge in [-0.3, -0.25) is 9.69 Å². The van der Waals surface area contributed by atoms with Crippen LogP contribution in [-0.2, 0) is 27.4 Å². The molecule has 132 valence electrons. The number of hydrogen-bond acceptors (Lipinski definition) is 5. The van der Waals surface area contributed by atoms with Gasteiger partial charge in [-0.2, -0.15) is 0 Å². The van der Waals surface area contributed by atoms with Gasteiger partial charge in [0, 0.05) is 39.4 Å². The molecule has 0 aliphatic carbocycles. The second-order valence-corrected chi connectivity index (χ2v) is 6.66. The maximum absolute atomic E-state index is 12.4. The van der Waals surface area contributed by atoms with Gasteiger partial charge in [0.2, 0.25) is 5.91 Å². The van der Waals surface area contributed by atoms with Crippen molar-refractivity contribution in [3.05, 3.63) is 35.4 Å². The maximum atomic E-state index is 12.4. The standard InChI is InChI=1S/C18H27N3O3/c19-18(4-8-23-9-5-18)17(22)20-13-15-2-1-3-16(12-15)14-21-6-10-24-11-7-21/h1-3,12H,4-11,13-14,19H2,(H,20,22). The topological polar surface area (TPSA) is 76.8 Å². The van der Waals surface area contributed by atoms with Gasteiger partial charge in [-0.25, -0.2) is 0 Å². The zero-order valence-electron chi connectivity index (χ0n) is 14.1. The van der Waals surface area contributed by atoms with Crippen LogP contribution in [-0.4, -0.2) is 55.9 Å². The zero-order chi connectivity index (χ0) is 16.8. The number of rotatable bonds is 5. The van der Waals surface area contributed by atoms with Gasteiger partial charge in [-0.1, -0.05) is 24.3 Å². The lowest BCUT2D eigenvalue weighted by molar-refractivity contribution is -0.129. The normalized spacial score (nSPS) is 21.4. The molecule has 0 atom stereocenters. The van der Waals surface area contributed by atoms with Crippen molar-refractivity contribution in [1.82, 2.24) is 10.2 Å². The molecule has 2 fully saturated rings. The first-order chi connectivity index (χ1) is 11.7. The van der Waals surface area contributed by atoms with E-state index >= 15 is 0 Å².